The highest BCUT2D eigenvalue weighted by atomic mass is 127. The highest BCUT2D eigenvalue weighted by Gasteiger charge is 2.14. The molecule has 1 aliphatic carbocycles. The molecule has 1 saturated carbocycles. The van der Waals surface area contributed by atoms with Gasteiger partial charge < -0.3 is 16.0 Å². The lowest BCUT2D eigenvalue weighted by Crippen LogP contribution is -2.44. The van der Waals surface area contributed by atoms with Crippen LogP contribution in [0.4, 0.5) is 5.69 Å². The van der Waals surface area contributed by atoms with E-state index in [4.69, 9.17) is 4.99 Å². The van der Waals surface area contributed by atoms with Gasteiger partial charge in [-0.05, 0) is 43.9 Å². The summed E-state index contributed by atoms with van der Waals surface area (Å²) in [5.41, 5.74) is 1.93. The van der Waals surface area contributed by atoms with Gasteiger partial charge >= 0.3 is 0 Å². The number of aliphatic imine (C=N–C) groups is 1. The number of halogens is 1. The second-order valence-electron chi connectivity index (χ2n) is 7.17. The monoisotopic (exact) mass is 486 g/mol. The van der Waals surface area contributed by atoms with Crippen LogP contribution in [-0.2, 0) is 11.3 Å². The van der Waals surface area contributed by atoms with Crippen LogP contribution in [0.1, 0.15) is 64.9 Å². The number of nitrogens with one attached hydrogen (secondary N) is 3. The molecule has 3 N–H and O–H groups in total. The van der Waals surface area contributed by atoms with Crippen LogP contribution in [0.5, 0.6) is 0 Å². The Hall–Kier alpha value is -1.31. The molecule has 1 atom stereocenters. The third-order valence-corrected chi connectivity index (χ3v) is 4.96. The number of amides is 1. The zero-order valence-electron chi connectivity index (χ0n) is 16.9. The Morgan fingerprint density at radius 3 is 2.63 bits per heavy atom. The summed E-state index contributed by atoms with van der Waals surface area (Å²) in [6.07, 6.45) is 7.24. The molecule has 0 saturated heterocycles. The number of guanidine groups is 1. The minimum Gasteiger partial charge on any atom is -0.357 e. The van der Waals surface area contributed by atoms with Crippen molar-refractivity contribution in [2.24, 2.45) is 10.9 Å². The number of hydrogen-bond donors (Lipinski definition) is 3. The molecule has 152 valence electrons. The van der Waals surface area contributed by atoms with Gasteiger partial charge in [0.25, 0.3) is 0 Å². The van der Waals surface area contributed by atoms with Crippen molar-refractivity contribution in [3.05, 3.63) is 29.8 Å². The third kappa shape index (κ3) is 8.49. The minimum absolute atomic E-state index is 0. The lowest BCUT2D eigenvalue weighted by atomic mass is 9.96. The number of nitrogens with zero attached hydrogens (tertiary/aromatic N) is 1. The summed E-state index contributed by atoms with van der Waals surface area (Å²) >= 11 is 0. The first kappa shape index (κ1) is 23.7. The minimum atomic E-state index is 0. The van der Waals surface area contributed by atoms with Crippen LogP contribution in [-0.4, -0.2) is 24.5 Å². The summed E-state index contributed by atoms with van der Waals surface area (Å²) in [5.74, 6) is 0.977. The smallest absolute Gasteiger partial charge is 0.227 e. The normalized spacial score (nSPS) is 16.2. The Balaban J connectivity index is 0.00000364. The summed E-state index contributed by atoms with van der Waals surface area (Å²) in [7, 11) is 0. The highest BCUT2D eigenvalue weighted by Crippen LogP contribution is 2.17. The lowest BCUT2D eigenvalue weighted by molar-refractivity contribution is -0.119. The summed E-state index contributed by atoms with van der Waals surface area (Å²) in [6.45, 7) is 7.50. The standard InChI is InChI=1S/C21H34N4O.HI/c1-4-16(3)20(26)24-19-13-9-10-17(14-19)15-23-21(22-5-2)25-18-11-7-6-8-12-18;/h9-10,13-14,16,18H,4-8,11-12,15H2,1-3H3,(H,24,26)(H2,22,23,25);1H. The number of carbonyl (C=O) groups is 1. The van der Waals surface area contributed by atoms with E-state index in [1.807, 2.05) is 38.1 Å². The van der Waals surface area contributed by atoms with Gasteiger partial charge in [0, 0.05) is 24.2 Å². The van der Waals surface area contributed by atoms with Crippen LogP contribution in [0.25, 0.3) is 0 Å². The quantitative estimate of drug-likeness (QED) is 0.298. The van der Waals surface area contributed by atoms with Crippen molar-refractivity contribution in [1.82, 2.24) is 10.6 Å². The van der Waals surface area contributed by atoms with E-state index < -0.39 is 0 Å². The average molecular weight is 486 g/mol. The van der Waals surface area contributed by atoms with Gasteiger partial charge in [0.1, 0.15) is 0 Å². The zero-order chi connectivity index (χ0) is 18.8. The molecule has 2 rings (SSSR count). The number of carbonyl (C=O) groups excluding carboxylic acids is 1. The van der Waals surface area contributed by atoms with Crippen LogP contribution >= 0.6 is 24.0 Å². The first-order chi connectivity index (χ1) is 12.6. The van der Waals surface area contributed by atoms with Crippen LogP contribution in [0.2, 0.25) is 0 Å². The molecule has 6 heteroatoms. The van der Waals surface area contributed by atoms with Crippen LogP contribution in [0, 0.1) is 5.92 Å². The van der Waals surface area contributed by atoms with Crippen molar-refractivity contribution in [2.75, 3.05) is 11.9 Å². The molecule has 0 bridgehead atoms. The second kappa shape index (κ2) is 13.0. The fourth-order valence-corrected chi connectivity index (χ4v) is 3.13. The van der Waals surface area contributed by atoms with Crippen molar-refractivity contribution in [3.8, 4) is 0 Å². The van der Waals surface area contributed by atoms with Crippen LogP contribution in [0.15, 0.2) is 29.3 Å². The van der Waals surface area contributed by atoms with Crippen molar-refractivity contribution in [1.29, 1.82) is 0 Å². The fourth-order valence-electron chi connectivity index (χ4n) is 3.13. The van der Waals surface area contributed by atoms with Gasteiger partial charge in [-0.3, -0.25) is 4.79 Å². The Labute approximate surface area is 181 Å². The molecular formula is C21H35IN4O. The lowest BCUT2D eigenvalue weighted by Gasteiger charge is -2.24. The van der Waals surface area contributed by atoms with E-state index in [2.05, 4.69) is 22.9 Å². The first-order valence-electron chi connectivity index (χ1n) is 10.1. The second-order valence-corrected chi connectivity index (χ2v) is 7.17. The molecule has 1 aliphatic rings. The van der Waals surface area contributed by atoms with E-state index in [0.717, 1.165) is 30.2 Å². The Morgan fingerprint density at radius 1 is 1.22 bits per heavy atom. The third-order valence-electron chi connectivity index (χ3n) is 4.96. The zero-order valence-corrected chi connectivity index (χ0v) is 19.2. The molecular weight excluding hydrogens is 451 g/mol. The van der Waals surface area contributed by atoms with Gasteiger partial charge in [0.05, 0.1) is 6.54 Å². The molecule has 27 heavy (non-hydrogen) atoms. The average Bonchev–Trinajstić information content (AvgIpc) is 2.66. The van der Waals surface area contributed by atoms with Gasteiger partial charge in [-0.15, -0.1) is 24.0 Å². The Morgan fingerprint density at radius 2 is 1.96 bits per heavy atom. The molecule has 1 unspecified atom stereocenters. The largest absolute Gasteiger partial charge is 0.357 e. The summed E-state index contributed by atoms with van der Waals surface area (Å²) in [5, 5.41) is 9.90. The van der Waals surface area contributed by atoms with E-state index in [9.17, 15) is 4.79 Å². The molecule has 0 heterocycles. The van der Waals surface area contributed by atoms with E-state index in [0.29, 0.717) is 12.6 Å². The number of hydrogen-bond acceptors (Lipinski definition) is 2. The topological polar surface area (TPSA) is 65.5 Å². The molecule has 5 nitrogen and oxygen atoms in total. The molecule has 0 radical (unpaired) electrons. The van der Waals surface area contributed by atoms with E-state index >= 15 is 0 Å². The summed E-state index contributed by atoms with van der Waals surface area (Å²) in [4.78, 5) is 16.8. The SMILES string of the molecule is CCNC(=NCc1cccc(NC(=O)C(C)CC)c1)NC1CCCCC1.I. The number of rotatable bonds is 7. The predicted octanol–water partition coefficient (Wildman–Crippen LogP) is 4.68. The molecule has 1 fully saturated rings. The molecule has 0 spiro atoms. The van der Waals surface area contributed by atoms with Gasteiger partial charge in [-0.1, -0.05) is 45.2 Å². The van der Waals surface area contributed by atoms with E-state index in [-0.39, 0.29) is 35.8 Å². The Kier molecular flexibility index (Phi) is 11.4. The first-order valence-corrected chi connectivity index (χ1v) is 10.1. The maximum atomic E-state index is 12.1. The predicted molar refractivity (Wildman–Crippen MR) is 125 cm³/mol. The fraction of sp³-hybridized carbons (Fsp3) is 0.619. The van der Waals surface area contributed by atoms with Gasteiger partial charge in [-0.25, -0.2) is 4.99 Å². The van der Waals surface area contributed by atoms with Crippen molar-refractivity contribution < 1.29 is 4.79 Å². The van der Waals surface area contributed by atoms with Crippen molar-refractivity contribution in [2.45, 2.75) is 71.9 Å². The summed E-state index contributed by atoms with van der Waals surface area (Å²) in [6, 6.07) is 8.49. The maximum absolute atomic E-state index is 12.1. The van der Waals surface area contributed by atoms with E-state index in [1.54, 1.807) is 0 Å². The van der Waals surface area contributed by atoms with Gasteiger partial charge in [0.2, 0.25) is 5.91 Å². The van der Waals surface area contributed by atoms with Crippen molar-refractivity contribution >= 4 is 41.5 Å². The summed E-state index contributed by atoms with van der Waals surface area (Å²) < 4.78 is 0. The number of anilines is 1. The number of benzene rings is 1. The van der Waals surface area contributed by atoms with Crippen LogP contribution in [0.3, 0.4) is 0 Å². The van der Waals surface area contributed by atoms with Gasteiger partial charge in [-0.2, -0.15) is 0 Å². The Bertz CT molecular complexity index is 600. The van der Waals surface area contributed by atoms with Crippen LogP contribution < -0.4 is 16.0 Å². The molecule has 0 aliphatic heterocycles. The molecule has 1 aromatic rings. The molecule has 0 aromatic heterocycles. The van der Waals surface area contributed by atoms with E-state index in [1.165, 1.54) is 32.1 Å². The molecule has 1 aromatic carbocycles. The molecule has 1 amide bonds. The van der Waals surface area contributed by atoms with Gasteiger partial charge in [0.15, 0.2) is 5.96 Å². The maximum Gasteiger partial charge on any atom is 0.227 e. The highest BCUT2D eigenvalue weighted by molar-refractivity contribution is 14.0. The van der Waals surface area contributed by atoms with Crippen molar-refractivity contribution in [3.63, 3.8) is 0 Å².